The van der Waals surface area contributed by atoms with Gasteiger partial charge in [0.1, 0.15) is 11.5 Å². The van der Waals surface area contributed by atoms with Crippen molar-refractivity contribution in [2.45, 2.75) is 25.3 Å². The predicted molar refractivity (Wildman–Crippen MR) is 102 cm³/mol. The number of carbonyl (C=O) groups excluding carboxylic acids is 1. The SMILES string of the molecule is NCCC[C@@H](N)CNC(=O)C1=Nc2cc(-c3ccc(F)cc3)ccc2C1. The molecule has 136 valence electrons. The zero-order valence-corrected chi connectivity index (χ0v) is 14.5. The van der Waals surface area contributed by atoms with Crippen molar-refractivity contribution >= 4 is 17.3 Å². The normalized spacial score (nSPS) is 13.9. The minimum Gasteiger partial charge on any atom is -0.349 e. The molecule has 2 aromatic carbocycles. The van der Waals surface area contributed by atoms with E-state index < -0.39 is 0 Å². The van der Waals surface area contributed by atoms with Crippen LogP contribution < -0.4 is 16.8 Å². The molecule has 6 heteroatoms. The minimum absolute atomic E-state index is 0.100. The summed E-state index contributed by atoms with van der Waals surface area (Å²) < 4.78 is 13.1. The van der Waals surface area contributed by atoms with Crippen LogP contribution in [-0.2, 0) is 11.2 Å². The average molecular weight is 354 g/mol. The van der Waals surface area contributed by atoms with E-state index in [4.69, 9.17) is 11.5 Å². The number of aliphatic imine (C=N–C) groups is 1. The number of nitrogens with one attached hydrogen (secondary N) is 1. The third-order valence-corrected chi connectivity index (χ3v) is 4.44. The predicted octanol–water partition coefficient (Wildman–Crippen LogP) is 2.30. The van der Waals surface area contributed by atoms with Gasteiger partial charge in [0.15, 0.2) is 0 Å². The summed E-state index contributed by atoms with van der Waals surface area (Å²) in [4.78, 5) is 16.8. The lowest BCUT2D eigenvalue weighted by molar-refractivity contribution is -0.114. The fourth-order valence-electron chi connectivity index (χ4n) is 2.94. The van der Waals surface area contributed by atoms with Gasteiger partial charge in [-0.05, 0) is 54.3 Å². The first-order valence-electron chi connectivity index (χ1n) is 8.77. The van der Waals surface area contributed by atoms with Crippen molar-refractivity contribution in [1.82, 2.24) is 5.32 Å². The molecule has 0 spiro atoms. The van der Waals surface area contributed by atoms with E-state index in [1.54, 1.807) is 12.1 Å². The first kappa shape index (κ1) is 18.2. The standard InChI is InChI=1S/C20H23FN4O/c21-16-7-5-13(6-8-16)14-3-4-15-11-19(25-18(15)10-14)20(26)24-12-17(23)2-1-9-22/h3-8,10,17H,1-2,9,11-12,22-23H2,(H,24,26)/t17-/m1/s1. The Bertz CT molecular complexity index is 817. The fourth-order valence-corrected chi connectivity index (χ4v) is 2.94. The molecule has 0 aliphatic carbocycles. The molecule has 0 bridgehead atoms. The van der Waals surface area contributed by atoms with E-state index in [0.29, 0.717) is 25.2 Å². The molecule has 0 aromatic heterocycles. The highest BCUT2D eigenvalue weighted by atomic mass is 19.1. The van der Waals surface area contributed by atoms with Crippen LogP contribution in [0, 0.1) is 5.82 Å². The van der Waals surface area contributed by atoms with Gasteiger partial charge in [-0.25, -0.2) is 9.38 Å². The molecule has 0 fully saturated rings. The van der Waals surface area contributed by atoms with Gasteiger partial charge in [-0.1, -0.05) is 24.3 Å². The van der Waals surface area contributed by atoms with E-state index in [-0.39, 0.29) is 17.8 Å². The quantitative estimate of drug-likeness (QED) is 0.712. The van der Waals surface area contributed by atoms with Gasteiger partial charge in [-0.15, -0.1) is 0 Å². The number of rotatable bonds is 7. The topological polar surface area (TPSA) is 93.5 Å². The van der Waals surface area contributed by atoms with Crippen molar-refractivity contribution in [2.75, 3.05) is 13.1 Å². The Hall–Kier alpha value is -2.57. The average Bonchev–Trinajstić information content (AvgIpc) is 3.08. The first-order valence-corrected chi connectivity index (χ1v) is 8.77. The van der Waals surface area contributed by atoms with Crippen LogP contribution in [0.3, 0.4) is 0 Å². The van der Waals surface area contributed by atoms with Crippen molar-refractivity contribution in [3.63, 3.8) is 0 Å². The van der Waals surface area contributed by atoms with E-state index in [9.17, 15) is 9.18 Å². The van der Waals surface area contributed by atoms with Crippen LogP contribution in [0.4, 0.5) is 10.1 Å². The summed E-state index contributed by atoms with van der Waals surface area (Å²) in [6, 6.07) is 12.1. The lowest BCUT2D eigenvalue weighted by Gasteiger charge is -2.11. The zero-order chi connectivity index (χ0) is 18.5. The summed E-state index contributed by atoms with van der Waals surface area (Å²) in [5.41, 5.74) is 15.5. The summed E-state index contributed by atoms with van der Waals surface area (Å²) in [6.07, 6.45) is 2.13. The third kappa shape index (κ3) is 4.33. The monoisotopic (exact) mass is 354 g/mol. The Morgan fingerprint density at radius 3 is 2.65 bits per heavy atom. The van der Waals surface area contributed by atoms with Crippen LogP contribution in [-0.4, -0.2) is 30.8 Å². The van der Waals surface area contributed by atoms with Gasteiger partial charge < -0.3 is 16.8 Å². The molecule has 3 rings (SSSR count). The third-order valence-electron chi connectivity index (χ3n) is 4.44. The number of benzene rings is 2. The molecule has 0 radical (unpaired) electrons. The molecule has 0 saturated heterocycles. The molecule has 1 aliphatic heterocycles. The Labute approximate surface area is 152 Å². The van der Waals surface area contributed by atoms with Crippen molar-refractivity contribution < 1.29 is 9.18 Å². The van der Waals surface area contributed by atoms with Gasteiger partial charge >= 0.3 is 0 Å². The van der Waals surface area contributed by atoms with Crippen LogP contribution in [0.2, 0.25) is 0 Å². The van der Waals surface area contributed by atoms with E-state index in [1.165, 1.54) is 12.1 Å². The maximum atomic E-state index is 13.1. The number of nitrogens with zero attached hydrogens (tertiary/aromatic N) is 1. The molecular weight excluding hydrogens is 331 g/mol. The number of hydrogen-bond donors (Lipinski definition) is 3. The van der Waals surface area contributed by atoms with E-state index in [2.05, 4.69) is 10.3 Å². The van der Waals surface area contributed by atoms with Crippen LogP contribution in [0.15, 0.2) is 47.5 Å². The maximum Gasteiger partial charge on any atom is 0.266 e. The van der Waals surface area contributed by atoms with Gasteiger partial charge in [0.05, 0.1) is 5.69 Å². The number of fused-ring (bicyclic) bond motifs is 1. The van der Waals surface area contributed by atoms with Gasteiger partial charge in [-0.3, -0.25) is 4.79 Å². The number of carbonyl (C=O) groups is 1. The Morgan fingerprint density at radius 1 is 1.19 bits per heavy atom. The molecule has 1 atom stereocenters. The van der Waals surface area contributed by atoms with Gasteiger partial charge in [-0.2, -0.15) is 0 Å². The number of halogens is 1. The van der Waals surface area contributed by atoms with Gasteiger partial charge in [0.2, 0.25) is 0 Å². The highest BCUT2D eigenvalue weighted by Crippen LogP contribution is 2.32. The molecule has 2 aromatic rings. The summed E-state index contributed by atoms with van der Waals surface area (Å²) in [5, 5.41) is 2.84. The number of nitrogens with two attached hydrogens (primary N) is 2. The Balaban J connectivity index is 1.66. The van der Waals surface area contributed by atoms with Crippen LogP contribution >= 0.6 is 0 Å². The van der Waals surface area contributed by atoms with Gasteiger partial charge in [0, 0.05) is 19.0 Å². The molecule has 1 amide bonds. The fraction of sp³-hybridized carbons (Fsp3) is 0.300. The zero-order valence-electron chi connectivity index (χ0n) is 14.5. The first-order chi connectivity index (χ1) is 12.6. The second-order valence-corrected chi connectivity index (χ2v) is 6.49. The summed E-state index contributed by atoms with van der Waals surface area (Å²) >= 11 is 0. The van der Waals surface area contributed by atoms with Crippen molar-refractivity contribution in [2.24, 2.45) is 16.5 Å². The molecule has 5 nitrogen and oxygen atoms in total. The molecule has 1 aliphatic rings. The van der Waals surface area contributed by atoms with E-state index in [1.807, 2.05) is 18.2 Å². The Kier molecular flexibility index (Phi) is 5.75. The lowest BCUT2D eigenvalue weighted by Crippen LogP contribution is -2.40. The molecule has 5 N–H and O–H groups in total. The Morgan fingerprint density at radius 2 is 1.92 bits per heavy atom. The number of hydrogen-bond acceptors (Lipinski definition) is 4. The van der Waals surface area contributed by atoms with Gasteiger partial charge in [0.25, 0.3) is 5.91 Å². The van der Waals surface area contributed by atoms with Crippen LogP contribution in [0.25, 0.3) is 11.1 Å². The second kappa shape index (κ2) is 8.21. The second-order valence-electron chi connectivity index (χ2n) is 6.49. The van der Waals surface area contributed by atoms with Crippen molar-refractivity contribution in [3.05, 3.63) is 53.8 Å². The van der Waals surface area contributed by atoms with Crippen LogP contribution in [0.5, 0.6) is 0 Å². The van der Waals surface area contributed by atoms with E-state index in [0.717, 1.165) is 35.2 Å². The minimum atomic E-state index is -0.267. The summed E-state index contributed by atoms with van der Waals surface area (Å²) in [6.45, 7) is 1.01. The largest absolute Gasteiger partial charge is 0.349 e. The molecule has 0 saturated carbocycles. The summed E-state index contributed by atoms with van der Waals surface area (Å²) in [7, 11) is 0. The number of amides is 1. The maximum absolute atomic E-state index is 13.1. The smallest absolute Gasteiger partial charge is 0.266 e. The highest BCUT2D eigenvalue weighted by Gasteiger charge is 2.21. The highest BCUT2D eigenvalue weighted by molar-refractivity contribution is 6.40. The van der Waals surface area contributed by atoms with Crippen LogP contribution in [0.1, 0.15) is 18.4 Å². The molecular formula is C20H23FN4O. The van der Waals surface area contributed by atoms with E-state index >= 15 is 0 Å². The van der Waals surface area contributed by atoms with Crippen molar-refractivity contribution in [1.29, 1.82) is 0 Å². The molecule has 26 heavy (non-hydrogen) atoms. The molecule has 0 unspecified atom stereocenters. The lowest BCUT2D eigenvalue weighted by atomic mass is 10.0. The molecule has 1 heterocycles. The van der Waals surface area contributed by atoms with Crippen molar-refractivity contribution in [3.8, 4) is 11.1 Å². The summed E-state index contributed by atoms with van der Waals surface area (Å²) in [5.74, 6) is -0.454.